The van der Waals surface area contributed by atoms with E-state index in [1.165, 1.54) is 0 Å². The fourth-order valence-electron chi connectivity index (χ4n) is 6.97. The highest BCUT2D eigenvalue weighted by atomic mass is 35.5. The van der Waals surface area contributed by atoms with Gasteiger partial charge < -0.3 is 9.64 Å². The fourth-order valence-corrected chi connectivity index (χ4v) is 7.40. The second-order valence-electron chi connectivity index (χ2n) is 10.5. The summed E-state index contributed by atoms with van der Waals surface area (Å²) in [4.78, 5) is 46.0. The average Bonchev–Trinajstić information content (AvgIpc) is 3.43. The minimum absolute atomic E-state index is 0.247. The molecule has 7 heteroatoms. The summed E-state index contributed by atoms with van der Waals surface area (Å²) in [5.74, 6) is -1.22. The van der Waals surface area contributed by atoms with E-state index in [2.05, 4.69) is 0 Å². The number of halogens is 2. The Morgan fingerprint density at radius 2 is 1.56 bits per heavy atom. The number of Topliss-reactive ketones (excluding diaryl/α,β-unsaturated/α-hetero) is 3. The molecule has 0 bridgehead atoms. The van der Waals surface area contributed by atoms with E-state index in [1.807, 2.05) is 41.3 Å². The van der Waals surface area contributed by atoms with Crippen LogP contribution in [-0.2, 0) is 0 Å². The zero-order valence-electron chi connectivity index (χ0n) is 21.9. The molecule has 0 amide bonds. The van der Waals surface area contributed by atoms with Gasteiger partial charge in [0.2, 0.25) is 0 Å². The summed E-state index contributed by atoms with van der Waals surface area (Å²) in [6.45, 7) is 0. The van der Waals surface area contributed by atoms with Crippen molar-refractivity contribution in [1.29, 1.82) is 0 Å². The van der Waals surface area contributed by atoms with E-state index >= 15 is 0 Å². The van der Waals surface area contributed by atoms with Crippen LogP contribution in [0.1, 0.15) is 48.1 Å². The third kappa shape index (κ3) is 3.52. The molecule has 0 unspecified atom stereocenters. The van der Waals surface area contributed by atoms with Crippen molar-refractivity contribution in [2.24, 2.45) is 5.41 Å². The number of anilines is 1. The second-order valence-corrected chi connectivity index (χ2v) is 11.4. The zero-order chi connectivity index (χ0) is 28.5. The number of hydrogen-bond acceptors (Lipinski definition) is 5. The maximum absolute atomic E-state index is 14.8. The van der Waals surface area contributed by atoms with Crippen LogP contribution in [0.4, 0.5) is 5.69 Å². The maximum atomic E-state index is 14.8. The second kappa shape index (κ2) is 9.44. The molecule has 41 heavy (non-hydrogen) atoms. The number of carbonyl (C=O) groups is 3. The van der Waals surface area contributed by atoms with E-state index < -0.39 is 23.4 Å². The van der Waals surface area contributed by atoms with Gasteiger partial charge in [0.25, 0.3) is 0 Å². The van der Waals surface area contributed by atoms with E-state index in [1.54, 1.807) is 73.8 Å². The molecule has 5 nitrogen and oxygen atoms in total. The van der Waals surface area contributed by atoms with E-state index in [0.717, 1.165) is 5.56 Å². The first-order chi connectivity index (χ1) is 19.9. The Morgan fingerprint density at radius 3 is 2.27 bits per heavy atom. The predicted molar refractivity (Wildman–Crippen MR) is 160 cm³/mol. The van der Waals surface area contributed by atoms with Crippen LogP contribution in [0.25, 0.3) is 6.08 Å². The maximum Gasteiger partial charge on any atom is 0.186 e. The highest BCUT2D eigenvalue weighted by Crippen LogP contribution is 2.61. The Bertz CT molecular complexity index is 1780. The molecule has 3 atom stereocenters. The van der Waals surface area contributed by atoms with Gasteiger partial charge in [0.1, 0.15) is 17.2 Å². The molecule has 1 spiro atoms. The average molecular weight is 580 g/mol. The topological polar surface area (TPSA) is 63.7 Å². The summed E-state index contributed by atoms with van der Waals surface area (Å²) in [7, 11) is 1.54. The van der Waals surface area contributed by atoms with Gasteiger partial charge in [0.15, 0.2) is 17.3 Å². The number of rotatable bonds is 4. The van der Waals surface area contributed by atoms with Gasteiger partial charge in [-0.15, -0.1) is 0 Å². The van der Waals surface area contributed by atoms with E-state index in [9.17, 15) is 14.4 Å². The highest BCUT2D eigenvalue weighted by molar-refractivity contribution is 6.34. The molecule has 7 rings (SSSR count). The number of benzene rings is 4. The van der Waals surface area contributed by atoms with Crippen LogP contribution < -0.4 is 9.64 Å². The zero-order valence-corrected chi connectivity index (χ0v) is 23.4. The molecule has 2 aliphatic heterocycles. The van der Waals surface area contributed by atoms with Gasteiger partial charge >= 0.3 is 0 Å². The predicted octanol–water partition coefficient (Wildman–Crippen LogP) is 7.32. The van der Waals surface area contributed by atoms with Gasteiger partial charge in [0, 0.05) is 38.3 Å². The van der Waals surface area contributed by atoms with Gasteiger partial charge in [0.05, 0.1) is 13.2 Å². The number of carbonyl (C=O) groups excluding carboxylic acids is 3. The quantitative estimate of drug-likeness (QED) is 0.187. The Kier molecular flexibility index (Phi) is 5.93. The monoisotopic (exact) mass is 579 g/mol. The van der Waals surface area contributed by atoms with Crippen molar-refractivity contribution in [3.05, 3.63) is 135 Å². The first kappa shape index (κ1) is 25.8. The number of ketones is 3. The number of ether oxygens (including phenoxy) is 1. The third-order valence-corrected chi connectivity index (χ3v) is 9.21. The molecule has 1 saturated heterocycles. The van der Waals surface area contributed by atoms with Crippen LogP contribution >= 0.6 is 23.2 Å². The number of fused-ring (bicyclic) bond motifs is 5. The lowest BCUT2D eigenvalue weighted by Crippen LogP contribution is -2.48. The molecule has 4 aromatic rings. The number of nitrogens with zero attached hydrogens (tertiary/aromatic N) is 1. The first-order valence-corrected chi connectivity index (χ1v) is 14.0. The lowest BCUT2D eigenvalue weighted by Gasteiger charge is -2.37. The molecule has 0 saturated carbocycles. The molecular formula is C34H23Cl2NO4. The van der Waals surface area contributed by atoms with Crippen molar-refractivity contribution in [3.63, 3.8) is 0 Å². The van der Waals surface area contributed by atoms with E-state index in [0.29, 0.717) is 43.7 Å². The minimum Gasteiger partial charge on any atom is -0.497 e. The molecule has 3 aliphatic rings. The van der Waals surface area contributed by atoms with Gasteiger partial charge in [-0.25, -0.2) is 0 Å². The van der Waals surface area contributed by atoms with Crippen LogP contribution in [-0.4, -0.2) is 36.5 Å². The van der Waals surface area contributed by atoms with Crippen LogP contribution in [0.2, 0.25) is 10.0 Å². The lowest BCUT2D eigenvalue weighted by atomic mass is 9.64. The Hall–Kier alpha value is -4.19. The molecule has 2 heterocycles. The van der Waals surface area contributed by atoms with E-state index in [-0.39, 0.29) is 17.3 Å². The van der Waals surface area contributed by atoms with Gasteiger partial charge in [-0.05, 0) is 47.5 Å². The standard InChI is InChI=1S/C34H23Cl2NO4/c1-41-22-8-6-7-20(18-22)31(38)30-29(25-11-4-5-12-26(25)36)34(32(39)23-9-2-3-10-24(23)33(34)40)28-16-13-19-17-21(35)14-15-27(19)37(28)30/h2-18,28-30H,1H3/t28-,29+,30-/m1/s1. The smallest absolute Gasteiger partial charge is 0.186 e. The largest absolute Gasteiger partial charge is 0.497 e. The molecule has 0 N–H and O–H groups in total. The van der Waals surface area contributed by atoms with Crippen molar-refractivity contribution in [3.8, 4) is 5.75 Å². The van der Waals surface area contributed by atoms with Crippen LogP contribution in [0.5, 0.6) is 5.75 Å². The van der Waals surface area contributed by atoms with Gasteiger partial charge in [-0.3, -0.25) is 14.4 Å². The Morgan fingerprint density at radius 1 is 0.854 bits per heavy atom. The highest BCUT2D eigenvalue weighted by Gasteiger charge is 2.71. The summed E-state index contributed by atoms with van der Waals surface area (Å²) in [6.07, 6.45) is 3.75. The molecule has 1 fully saturated rings. The Labute approximate surface area is 247 Å². The summed E-state index contributed by atoms with van der Waals surface area (Å²) in [5.41, 5.74) is 1.59. The first-order valence-electron chi connectivity index (χ1n) is 13.3. The lowest BCUT2D eigenvalue weighted by molar-refractivity contribution is 0.0666. The Balaban J connectivity index is 1.56. The van der Waals surface area contributed by atoms with Crippen molar-refractivity contribution >= 4 is 52.3 Å². The van der Waals surface area contributed by atoms with Crippen molar-refractivity contribution in [1.82, 2.24) is 0 Å². The molecule has 1 aliphatic carbocycles. The fraction of sp³-hybridized carbons (Fsp3) is 0.147. The normalized spacial score (nSPS) is 21.5. The summed E-state index contributed by atoms with van der Waals surface area (Å²) in [5, 5.41) is 0.927. The summed E-state index contributed by atoms with van der Waals surface area (Å²) >= 11 is 13.2. The van der Waals surface area contributed by atoms with Crippen LogP contribution in [0, 0.1) is 5.41 Å². The minimum atomic E-state index is -1.62. The van der Waals surface area contributed by atoms with Gasteiger partial charge in [-0.2, -0.15) is 0 Å². The van der Waals surface area contributed by atoms with Crippen molar-refractivity contribution in [2.45, 2.75) is 18.0 Å². The molecule has 4 aromatic carbocycles. The molecule has 0 radical (unpaired) electrons. The number of methoxy groups -OCH3 is 1. The van der Waals surface area contributed by atoms with Crippen LogP contribution in [0.15, 0.2) is 97.1 Å². The SMILES string of the molecule is COc1cccc(C(=O)[C@H]2[C@H](c3ccccc3Cl)C3(C(=O)c4ccccc4C3=O)[C@H]3C=Cc4cc(Cl)ccc4N23)c1. The summed E-state index contributed by atoms with van der Waals surface area (Å²) < 4.78 is 5.42. The van der Waals surface area contributed by atoms with Crippen molar-refractivity contribution < 1.29 is 19.1 Å². The molecule has 202 valence electrons. The van der Waals surface area contributed by atoms with Crippen molar-refractivity contribution in [2.75, 3.05) is 12.0 Å². The van der Waals surface area contributed by atoms with E-state index in [4.69, 9.17) is 27.9 Å². The third-order valence-electron chi connectivity index (χ3n) is 8.63. The molecule has 0 aromatic heterocycles. The van der Waals surface area contributed by atoms with Gasteiger partial charge in [-0.1, -0.05) is 90.0 Å². The summed E-state index contributed by atoms with van der Waals surface area (Å²) in [6, 6.07) is 24.7. The molecular weight excluding hydrogens is 557 g/mol. The van der Waals surface area contributed by atoms with Crippen LogP contribution in [0.3, 0.4) is 0 Å². The number of hydrogen-bond donors (Lipinski definition) is 0.